The Balaban J connectivity index is 1.38. The van der Waals surface area contributed by atoms with E-state index >= 15 is 0 Å². The van der Waals surface area contributed by atoms with Gasteiger partial charge in [-0.1, -0.05) is 46.3 Å². The highest BCUT2D eigenvalue weighted by Crippen LogP contribution is 2.24. The number of thioether (sulfide) groups is 1. The fraction of sp³-hybridized carbons (Fsp3) is 0.0645. The van der Waals surface area contributed by atoms with E-state index < -0.39 is 16.7 Å². The van der Waals surface area contributed by atoms with Crippen LogP contribution in [0.1, 0.15) is 21.5 Å². The van der Waals surface area contributed by atoms with Gasteiger partial charge in [0.25, 0.3) is 17.5 Å². The molecule has 4 aromatic carbocycles. The smallest absolute Gasteiger partial charge is 0.272 e. The molecule has 0 aliphatic carbocycles. The number of non-ortho nitro benzene ring substituents is 1. The number of rotatable bonds is 10. The van der Waals surface area contributed by atoms with E-state index in [1.807, 2.05) is 24.3 Å². The second-order valence-electron chi connectivity index (χ2n) is 9.00. The van der Waals surface area contributed by atoms with Crippen LogP contribution < -0.4 is 16.0 Å². The van der Waals surface area contributed by atoms with E-state index in [0.717, 1.165) is 14.9 Å². The molecule has 42 heavy (non-hydrogen) atoms. The number of hydrogen-bond donors (Lipinski definition) is 3. The van der Waals surface area contributed by atoms with E-state index in [9.17, 15) is 24.5 Å². The van der Waals surface area contributed by atoms with E-state index in [-0.39, 0.29) is 23.0 Å². The fourth-order valence-corrected chi connectivity index (χ4v) is 4.70. The van der Waals surface area contributed by atoms with Gasteiger partial charge in [0.1, 0.15) is 5.70 Å². The number of hydrogen-bond acceptors (Lipinski definition) is 6. The number of nitrogens with one attached hydrogen (secondary N) is 3. The highest BCUT2D eigenvalue weighted by molar-refractivity contribution is 9.10. The molecule has 3 amide bonds. The van der Waals surface area contributed by atoms with Crippen molar-refractivity contribution in [2.75, 3.05) is 16.4 Å². The summed E-state index contributed by atoms with van der Waals surface area (Å²) < 4.78 is 0.885. The van der Waals surface area contributed by atoms with Crippen molar-refractivity contribution >= 4 is 68.6 Å². The van der Waals surface area contributed by atoms with Gasteiger partial charge in [0.15, 0.2) is 0 Å². The molecule has 0 radical (unpaired) electrons. The van der Waals surface area contributed by atoms with Crippen molar-refractivity contribution in [3.63, 3.8) is 0 Å². The molecule has 0 saturated carbocycles. The first-order valence-electron chi connectivity index (χ1n) is 12.6. The normalized spacial score (nSPS) is 11.0. The largest absolute Gasteiger partial charge is 0.325 e. The van der Waals surface area contributed by atoms with E-state index in [2.05, 4.69) is 31.9 Å². The summed E-state index contributed by atoms with van der Waals surface area (Å²) in [5.74, 6) is -1.05. The maximum absolute atomic E-state index is 13.2. The molecule has 0 aliphatic rings. The standard InChI is InChI=1S/C31H25BrN4O5S/c1-20-17-25(36(40)41)13-16-27(20)34-29(37)19-42-26-14-11-24(12-15-26)33-31(39)28(18-21-7-9-23(32)10-8-21)35-30(38)22-5-3-2-4-6-22/h2-18H,19H2,1H3,(H,33,39)(H,34,37)(H,35,38)/b28-18-. The van der Waals surface area contributed by atoms with E-state index in [0.29, 0.717) is 22.5 Å². The van der Waals surface area contributed by atoms with Gasteiger partial charge in [0.2, 0.25) is 5.91 Å². The van der Waals surface area contributed by atoms with Crippen molar-refractivity contribution < 1.29 is 19.3 Å². The van der Waals surface area contributed by atoms with Crippen LogP contribution in [0, 0.1) is 17.0 Å². The number of carbonyl (C=O) groups is 3. The van der Waals surface area contributed by atoms with Crippen LogP contribution in [0.15, 0.2) is 112 Å². The molecule has 0 aliphatic heterocycles. The summed E-state index contributed by atoms with van der Waals surface area (Å²) in [7, 11) is 0. The average Bonchev–Trinajstić information content (AvgIpc) is 2.99. The summed E-state index contributed by atoms with van der Waals surface area (Å²) >= 11 is 4.69. The van der Waals surface area contributed by atoms with Crippen LogP contribution in [0.5, 0.6) is 0 Å². The molecule has 212 valence electrons. The monoisotopic (exact) mass is 644 g/mol. The Morgan fingerprint density at radius 2 is 1.60 bits per heavy atom. The molecule has 0 atom stereocenters. The summed E-state index contributed by atoms with van der Waals surface area (Å²) in [4.78, 5) is 49.7. The summed E-state index contributed by atoms with van der Waals surface area (Å²) in [5.41, 5.74) is 2.79. The van der Waals surface area contributed by atoms with Gasteiger partial charge in [-0.2, -0.15) is 0 Å². The molecule has 0 unspecified atom stereocenters. The number of aryl methyl sites for hydroxylation is 1. The van der Waals surface area contributed by atoms with E-state index in [1.54, 1.807) is 67.6 Å². The van der Waals surface area contributed by atoms with Gasteiger partial charge in [0.05, 0.1) is 10.7 Å². The van der Waals surface area contributed by atoms with Crippen LogP contribution in [-0.4, -0.2) is 28.4 Å². The highest BCUT2D eigenvalue weighted by Gasteiger charge is 2.16. The maximum atomic E-state index is 13.2. The van der Waals surface area contributed by atoms with Crippen LogP contribution >= 0.6 is 27.7 Å². The van der Waals surface area contributed by atoms with Gasteiger partial charge < -0.3 is 16.0 Å². The van der Waals surface area contributed by atoms with Crippen LogP contribution in [0.4, 0.5) is 17.1 Å². The summed E-state index contributed by atoms with van der Waals surface area (Å²) in [6, 6.07) is 27.1. The summed E-state index contributed by atoms with van der Waals surface area (Å²) in [6.07, 6.45) is 1.60. The molecule has 0 aromatic heterocycles. The predicted molar refractivity (Wildman–Crippen MR) is 168 cm³/mol. The predicted octanol–water partition coefficient (Wildman–Crippen LogP) is 6.81. The molecule has 4 rings (SSSR count). The van der Waals surface area contributed by atoms with Crippen LogP contribution in [0.25, 0.3) is 6.08 Å². The Bertz CT molecular complexity index is 1640. The molecule has 0 bridgehead atoms. The van der Waals surface area contributed by atoms with Crippen LogP contribution in [-0.2, 0) is 9.59 Å². The van der Waals surface area contributed by atoms with E-state index in [4.69, 9.17) is 0 Å². The lowest BCUT2D eigenvalue weighted by Crippen LogP contribution is -2.30. The summed E-state index contributed by atoms with van der Waals surface area (Å²) in [5, 5.41) is 19.2. The van der Waals surface area contributed by atoms with Crippen molar-refractivity contribution in [3.05, 3.63) is 134 Å². The van der Waals surface area contributed by atoms with Gasteiger partial charge in [-0.15, -0.1) is 11.8 Å². The molecular weight excluding hydrogens is 620 g/mol. The second-order valence-corrected chi connectivity index (χ2v) is 11.0. The topological polar surface area (TPSA) is 130 Å². The molecule has 11 heteroatoms. The van der Waals surface area contributed by atoms with Crippen LogP contribution in [0.2, 0.25) is 0 Å². The Morgan fingerprint density at radius 3 is 2.24 bits per heavy atom. The molecule has 9 nitrogen and oxygen atoms in total. The number of halogens is 1. The summed E-state index contributed by atoms with van der Waals surface area (Å²) in [6.45, 7) is 1.69. The number of amides is 3. The van der Waals surface area contributed by atoms with Crippen molar-refractivity contribution in [2.45, 2.75) is 11.8 Å². The third-order valence-corrected chi connectivity index (χ3v) is 7.43. The van der Waals surface area contributed by atoms with E-state index in [1.165, 1.54) is 30.0 Å². The Morgan fingerprint density at radius 1 is 0.905 bits per heavy atom. The third-order valence-electron chi connectivity index (χ3n) is 5.89. The molecule has 0 heterocycles. The first-order chi connectivity index (χ1) is 20.2. The van der Waals surface area contributed by atoms with Gasteiger partial charge in [-0.3, -0.25) is 24.5 Å². The third kappa shape index (κ3) is 8.63. The fourth-order valence-electron chi connectivity index (χ4n) is 3.74. The quantitative estimate of drug-likeness (QED) is 0.0753. The minimum Gasteiger partial charge on any atom is -0.325 e. The Labute approximate surface area is 254 Å². The number of anilines is 2. The lowest BCUT2D eigenvalue weighted by Gasteiger charge is -2.12. The number of carbonyl (C=O) groups excluding carboxylic acids is 3. The molecule has 0 spiro atoms. The molecule has 0 fully saturated rings. The minimum absolute atomic E-state index is 0.0402. The van der Waals surface area contributed by atoms with Crippen molar-refractivity contribution in [1.29, 1.82) is 0 Å². The molecular formula is C31H25BrN4O5S. The zero-order valence-electron chi connectivity index (χ0n) is 22.3. The number of nitro benzene ring substituents is 1. The number of nitrogens with zero attached hydrogens (tertiary/aromatic N) is 1. The molecule has 4 aromatic rings. The lowest BCUT2D eigenvalue weighted by atomic mass is 10.1. The highest BCUT2D eigenvalue weighted by atomic mass is 79.9. The maximum Gasteiger partial charge on any atom is 0.272 e. The molecule has 0 saturated heterocycles. The first kappa shape index (κ1) is 30.2. The van der Waals surface area contributed by atoms with Crippen molar-refractivity contribution in [3.8, 4) is 0 Å². The second kappa shape index (κ2) is 14.2. The average molecular weight is 646 g/mol. The van der Waals surface area contributed by atoms with Crippen molar-refractivity contribution in [1.82, 2.24) is 5.32 Å². The van der Waals surface area contributed by atoms with Crippen LogP contribution in [0.3, 0.4) is 0 Å². The van der Waals surface area contributed by atoms with Gasteiger partial charge in [-0.25, -0.2) is 0 Å². The number of benzene rings is 4. The Kier molecular flexibility index (Phi) is 10.2. The van der Waals surface area contributed by atoms with Crippen molar-refractivity contribution in [2.24, 2.45) is 0 Å². The zero-order chi connectivity index (χ0) is 30.1. The Hall–Kier alpha value is -4.74. The zero-order valence-corrected chi connectivity index (χ0v) is 24.7. The molecule has 3 N–H and O–H groups in total. The minimum atomic E-state index is -0.500. The van der Waals surface area contributed by atoms with Gasteiger partial charge in [-0.05, 0) is 78.7 Å². The number of nitro groups is 1. The van der Waals surface area contributed by atoms with Gasteiger partial charge in [0, 0.05) is 38.4 Å². The SMILES string of the molecule is Cc1cc([N+](=O)[O-])ccc1NC(=O)CSc1ccc(NC(=O)/C(=C/c2ccc(Br)cc2)NC(=O)c2ccccc2)cc1. The first-order valence-corrected chi connectivity index (χ1v) is 14.4. The van der Waals surface area contributed by atoms with Gasteiger partial charge >= 0.3 is 0 Å². The lowest BCUT2D eigenvalue weighted by molar-refractivity contribution is -0.384.